The lowest BCUT2D eigenvalue weighted by molar-refractivity contribution is -0.140. The highest BCUT2D eigenvalue weighted by Gasteiger charge is 2.30. The lowest BCUT2D eigenvalue weighted by Gasteiger charge is -2.32. The van der Waals surface area contributed by atoms with Crippen molar-refractivity contribution in [1.82, 2.24) is 10.2 Å². The molecule has 0 aromatic heterocycles. The van der Waals surface area contributed by atoms with Crippen LogP contribution in [-0.4, -0.2) is 29.8 Å². The van der Waals surface area contributed by atoms with E-state index in [9.17, 15) is 9.59 Å². The van der Waals surface area contributed by atoms with Crippen molar-refractivity contribution < 1.29 is 9.59 Å². The first-order valence-corrected chi connectivity index (χ1v) is 11.2. The summed E-state index contributed by atoms with van der Waals surface area (Å²) in [4.78, 5) is 28.1. The fourth-order valence-corrected chi connectivity index (χ4v) is 4.19. The second-order valence-electron chi connectivity index (χ2n) is 7.71. The molecule has 3 rings (SSSR count). The molecule has 0 aliphatic carbocycles. The molecule has 0 saturated heterocycles. The number of nitrogens with zero attached hydrogens (tertiary/aromatic N) is 1. The number of carbonyl (C=O) groups excluding carboxylic acids is 2. The molecule has 0 aliphatic rings. The van der Waals surface area contributed by atoms with E-state index in [2.05, 4.69) is 5.32 Å². The summed E-state index contributed by atoms with van der Waals surface area (Å²) in [5.74, 6) is -0.411. The lowest BCUT2D eigenvalue weighted by Crippen LogP contribution is -2.50. The van der Waals surface area contributed by atoms with Gasteiger partial charge in [-0.25, -0.2) is 0 Å². The van der Waals surface area contributed by atoms with E-state index >= 15 is 0 Å². The third kappa shape index (κ3) is 6.12. The van der Waals surface area contributed by atoms with Gasteiger partial charge in [-0.15, -0.1) is 0 Å². The van der Waals surface area contributed by atoms with Gasteiger partial charge in [0.05, 0.1) is 6.42 Å². The fourth-order valence-electron chi connectivity index (χ4n) is 3.67. The van der Waals surface area contributed by atoms with Gasteiger partial charge >= 0.3 is 0 Å². The highest BCUT2D eigenvalue weighted by Crippen LogP contribution is 2.27. The number of aryl methyl sites for hydroxylation is 1. The minimum absolute atomic E-state index is 0.133. The van der Waals surface area contributed by atoms with Crippen LogP contribution in [0.3, 0.4) is 0 Å². The van der Waals surface area contributed by atoms with Crippen molar-refractivity contribution in [1.29, 1.82) is 0 Å². The summed E-state index contributed by atoms with van der Waals surface area (Å²) in [7, 11) is 1.58. The Morgan fingerprint density at radius 1 is 0.906 bits per heavy atom. The molecule has 0 saturated carbocycles. The average molecular weight is 469 g/mol. The Labute approximate surface area is 199 Å². The Hall–Kier alpha value is -2.82. The summed E-state index contributed by atoms with van der Waals surface area (Å²) in [6, 6.07) is 22.0. The summed E-state index contributed by atoms with van der Waals surface area (Å²) >= 11 is 12.8. The molecule has 2 amide bonds. The zero-order chi connectivity index (χ0) is 23.1. The molecule has 0 heterocycles. The van der Waals surface area contributed by atoms with Crippen molar-refractivity contribution >= 4 is 35.0 Å². The first-order valence-electron chi connectivity index (χ1n) is 10.4. The Morgan fingerprint density at radius 3 is 2.16 bits per heavy atom. The van der Waals surface area contributed by atoms with Gasteiger partial charge in [0, 0.05) is 35.6 Å². The molecule has 4 nitrogen and oxygen atoms in total. The molecule has 3 aromatic rings. The van der Waals surface area contributed by atoms with E-state index in [0.717, 1.165) is 16.7 Å². The van der Waals surface area contributed by atoms with Crippen molar-refractivity contribution in [3.8, 4) is 0 Å². The van der Waals surface area contributed by atoms with Gasteiger partial charge in [-0.2, -0.15) is 0 Å². The maximum Gasteiger partial charge on any atom is 0.242 e. The van der Waals surface area contributed by atoms with Gasteiger partial charge < -0.3 is 10.2 Å². The van der Waals surface area contributed by atoms with E-state index in [4.69, 9.17) is 23.2 Å². The molecule has 0 spiro atoms. The Morgan fingerprint density at radius 2 is 1.53 bits per heavy atom. The standard InChI is InChI=1S/C26H26Cl2N2O2/c1-18-8-6-11-20(14-18)16-25(31)30(17-21-22(27)12-7-13-23(21)28)24(26(32)29-2)15-19-9-4-3-5-10-19/h3-14,24H,15-17H2,1-2H3,(H,29,32)/t24-/m0/s1. The third-order valence-corrected chi connectivity index (χ3v) is 6.05. The van der Waals surface area contributed by atoms with Gasteiger partial charge in [0.2, 0.25) is 11.8 Å². The second kappa shape index (κ2) is 11.2. The van der Waals surface area contributed by atoms with Gasteiger partial charge in [-0.1, -0.05) is 89.4 Å². The minimum Gasteiger partial charge on any atom is -0.357 e. The van der Waals surface area contributed by atoms with Crippen molar-refractivity contribution in [3.05, 3.63) is 105 Å². The number of hydrogen-bond donors (Lipinski definition) is 1. The van der Waals surface area contributed by atoms with Crippen LogP contribution in [0.15, 0.2) is 72.8 Å². The molecule has 0 bridgehead atoms. The monoisotopic (exact) mass is 468 g/mol. The molecular formula is C26H26Cl2N2O2. The topological polar surface area (TPSA) is 49.4 Å². The Bertz CT molecular complexity index is 1070. The van der Waals surface area contributed by atoms with Crippen LogP contribution >= 0.6 is 23.2 Å². The zero-order valence-electron chi connectivity index (χ0n) is 18.1. The normalized spacial score (nSPS) is 11.6. The zero-order valence-corrected chi connectivity index (χ0v) is 19.7. The number of rotatable bonds is 8. The van der Waals surface area contributed by atoms with Crippen molar-refractivity contribution in [2.75, 3.05) is 7.05 Å². The van der Waals surface area contributed by atoms with Crippen LogP contribution < -0.4 is 5.32 Å². The van der Waals surface area contributed by atoms with Crippen LogP contribution in [0, 0.1) is 6.92 Å². The second-order valence-corrected chi connectivity index (χ2v) is 8.52. The van der Waals surface area contributed by atoms with Crippen molar-refractivity contribution in [3.63, 3.8) is 0 Å². The van der Waals surface area contributed by atoms with Crippen LogP contribution in [0.5, 0.6) is 0 Å². The smallest absolute Gasteiger partial charge is 0.242 e. The van der Waals surface area contributed by atoms with E-state index in [0.29, 0.717) is 22.0 Å². The Balaban J connectivity index is 1.99. The molecule has 3 aromatic carbocycles. The largest absolute Gasteiger partial charge is 0.357 e. The number of benzene rings is 3. The molecule has 1 N–H and O–H groups in total. The summed E-state index contributed by atoms with van der Waals surface area (Å²) in [6.45, 7) is 2.12. The van der Waals surface area contributed by atoms with Crippen LogP contribution in [0.25, 0.3) is 0 Å². The fraction of sp³-hybridized carbons (Fsp3) is 0.231. The van der Waals surface area contributed by atoms with E-state index in [1.807, 2.05) is 61.5 Å². The first-order chi connectivity index (χ1) is 15.4. The van der Waals surface area contributed by atoms with Crippen molar-refractivity contribution in [2.45, 2.75) is 32.4 Å². The van der Waals surface area contributed by atoms with Gasteiger partial charge in [0.25, 0.3) is 0 Å². The van der Waals surface area contributed by atoms with Gasteiger partial charge in [-0.3, -0.25) is 9.59 Å². The highest BCUT2D eigenvalue weighted by atomic mass is 35.5. The predicted octanol–water partition coefficient (Wildman–Crippen LogP) is 5.23. The third-order valence-electron chi connectivity index (χ3n) is 5.35. The van der Waals surface area contributed by atoms with Gasteiger partial charge in [0.1, 0.15) is 6.04 Å². The quantitative estimate of drug-likeness (QED) is 0.491. The van der Waals surface area contributed by atoms with Gasteiger partial charge in [-0.05, 0) is 30.2 Å². The number of halogens is 2. The van der Waals surface area contributed by atoms with E-state index in [-0.39, 0.29) is 24.8 Å². The molecule has 32 heavy (non-hydrogen) atoms. The SMILES string of the molecule is CNC(=O)[C@H](Cc1ccccc1)N(Cc1c(Cl)cccc1Cl)C(=O)Cc1cccc(C)c1. The van der Waals surface area contributed by atoms with E-state index in [1.165, 1.54) is 0 Å². The molecule has 0 unspecified atom stereocenters. The molecule has 0 fully saturated rings. The van der Waals surface area contributed by atoms with Crippen LogP contribution in [0.4, 0.5) is 0 Å². The van der Waals surface area contributed by atoms with Crippen molar-refractivity contribution in [2.24, 2.45) is 0 Å². The van der Waals surface area contributed by atoms with E-state index in [1.54, 1.807) is 30.1 Å². The number of hydrogen-bond acceptors (Lipinski definition) is 2. The van der Waals surface area contributed by atoms with E-state index < -0.39 is 6.04 Å². The first kappa shape index (κ1) is 23.8. The number of nitrogens with one attached hydrogen (secondary N) is 1. The minimum atomic E-state index is -0.716. The summed E-state index contributed by atoms with van der Waals surface area (Å²) in [5, 5.41) is 3.63. The molecule has 0 aliphatic heterocycles. The maximum atomic E-state index is 13.6. The van der Waals surface area contributed by atoms with Crippen LogP contribution in [0.1, 0.15) is 22.3 Å². The van der Waals surface area contributed by atoms with Crippen LogP contribution in [-0.2, 0) is 29.0 Å². The highest BCUT2D eigenvalue weighted by molar-refractivity contribution is 6.36. The van der Waals surface area contributed by atoms with Crippen LogP contribution in [0.2, 0.25) is 10.0 Å². The summed E-state index contributed by atoms with van der Waals surface area (Å²) < 4.78 is 0. The molecule has 0 radical (unpaired) electrons. The summed E-state index contributed by atoms with van der Waals surface area (Å²) in [5.41, 5.74) is 3.54. The van der Waals surface area contributed by atoms with Gasteiger partial charge in [0.15, 0.2) is 0 Å². The number of likely N-dealkylation sites (N-methyl/N-ethyl adjacent to an activating group) is 1. The molecule has 6 heteroatoms. The predicted molar refractivity (Wildman–Crippen MR) is 130 cm³/mol. The number of carbonyl (C=O) groups is 2. The lowest BCUT2D eigenvalue weighted by atomic mass is 10.0. The average Bonchev–Trinajstić information content (AvgIpc) is 2.78. The Kier molecular flexibility index (Phi) is 8.32. The maximum absolute atomic E-state index is 13.6. The summed E-state index contributed by atoms with van der Waals surface area (Å²) in [6.07, 6.45) is 0.550. The molecular weight excluding hydrogens is 443 g/mol. The molecule has 1 atom stereocenters. The molecule has 166 valence electrons. The number of amides is 2.